The van der Waals surface area contributed by atoms with Crippen LogP contribution in [0.25, 0.3) is 0 Å². The van der Waals surface area contributed by atoms with Crippen LogP contribution in [0.15, 0.2) is 18.2 Å². The minimum Gasteiger partial charge on any atom is -0.339 e. The summed E-state index contributed by atoms with van der Waals surface area (Å²) < 4.78 is 0. The zero-order valence-electron chi connectivity index (χ0n) is 13.1. The van der Waals surface area contributed by atoms with E-state index in [9.17, 15) is 9.59 Å². The van der Waals surface area contributed by atoms with Gasteiger partial charge in [0, 0.05) is 37.8 Å². The van der Waals surface area contributed by atoms with Gasteiger partial charge in [0.1, 0.15) is 0 Å². The Bertz CT molecular complexity index is 614. The van der Waals surface area contributed by atoms with Crippen LogP contribution >= 0.6 is 11.6 Å². The second-order valence-electron chi connectivity index (χ2n) is 5.90. The van der Waals surface area contributed by atoms with Crippen LogP contribution in [-0.4, -0.2) is 56.1 Å². The third kappa shape index (κ3) is 3.28. The molecule has 1 aromatic carbocycles. The number of anilines is 1. The van der Waals surface area contributed by atoms with Gasteiger partial charge in [0.15, 0.2) is 0 Å². The molecule has 2 fully saturated rings. The highest BCUT2D eigenvalue weighted by atomic mass is 35.5. The van der Waals surface area contributed by atoms with Crippen molar-refractivity contribution in [1.82, 2.24) is 15.5 Å². The number of piperidine rings is 1. The summed E-state index contributed by atoms with van der Waals surface area (Å²) in [7, 11) is 1.95. The summed E-state index contributed by atoms with van der Waals surface area (Å²) in [6.07, 6.45) is 1.91. The molecule has 0 aromatic heterocycles. The quantitative estimate of drug-likeness (QED) is 0.883. The van der Waals surface area contributed by atoms with Gasteiger partial charge in [0.2, 0.25) is 0 Å². The molecule has 0 atom stereocenters. The zero-order chi connectivity index (χ0) is 16.4. The third-order valence-electron chi connectivity index (χ3n) is 4.53. The van der Waals surface area contributed by atoms with Gasteiger partial charge in [-0.3, -0.25) is 9.69 Å². The molecule has 0 bridgehead atoms. The van der Waals surface area contributed by atoms with Crippen molar-refractivity contribution >= 4 is 29.2 Å². The van der Waals surface area contributed by atoms with E-state index >= 15 is 0 Å². The molecule has 124 valence electrons. The SMILES string of the molecule is CNC1CCN(C(=O)c2ccc(Cl)c(N3CCNC3=O)c2)CC1. The first-order chi connectivity index (χ1) is 11.1. The summed E-state index contributed by atoms with van der Waals surface area (Å²) >= 11 is 6.22. The van der Waals surface area contributed by atoms with Crippen LogP contribution in [0.3, 0.4) is 0 Å². The van der Waals surface area contributed by atoms with Crippen molar-refractivity contribution in [2.24, 2.45) is 0 Å². The first-order valence-corrected chi connectivity index (χ1v) is 8.29. The van der Waals surface area contributed by atoms with Crippen LogP contribution in [-0.2, 0) is 0 Å². The second-order valence-corrected chi connectivity index (χ2v) is 6.31. The molecule has 0 unspecified atom stereocenters. The number of nitrogens with one attached hydrogen (secondary N) is 2. The molecule has 2 aliphatic rings. The molecule has 0 aliphatic carbocycles. The number of carbonyl (C=O) groups is 2. The molecule has 3 amide bonds. The summed E-state index contributed by atoms with van der Waals surface area (Å²) in [5, 5.41) is 6.48. The van der Waals surface area contributed by atoms with Gasteiger partial charge in [0.05, 0.1) is 10.7 Å². The topological polar surface area (TPSA) is 64.7 Å². The number of rotatable bonds is 3. The van der Waals surface area contributed by atoms with Gasteiger partial charge in [-0.15, -0.1) is 0 Å². The van der Waals surface area contributed by atoms with Crippen LogP contribution in [0, 0.1) is 0 Å². The predicted molar refractivity (Wildman–Crippen MR) is 90.2 cm³/mol. The van der Waals surface area contributed by atoms with Gasteiger partial charge < -0.3 is 15.5 Å². The fraction of sp³-hybridized carbons (Fsp3) is 0.500. The van der Waals surface area contributed by atoms with E-state index in [0.717, 1.165) is 25.9 Å². The van der Waals surface area contributed by atoms with E-state index in [0.29, 0.717) is 35.4 Å². The lowest BCUT2D eigenvalue weighted by molar-refractivity contribution is 0.0707. The Morgan fingerprint density at radius 2 is 2.04 bits per heavy atom. The molecule has 0 radical (unpaired) electrons. The number of hydrogen-bond acceptors (Lipinski definition) is 3. The van der Waals surface area contributed by atoms with Crippen molar-refractivity contribution in [3.05, 3.63) is 28.8 Å². The molecule has 2 aliphatic heterocycles. The molecule has 7 heteroatoms. The van der Waals surface area contributed by atoms with E-state index in [4.69, 9.17) is 11.6 Å². The highest BCUT2D eigenvalue weighted by molar-refractivity contribution is 6.34. The Kier molecular flexibility index (Phi) is 4.73. The minimum absolute atomic E-state index is 0.00271. The van der Waals surface area contributed by atoms with E-state index in [-0.39, 0.29) is 11.9 Å². The maximum absolute atomic E-state index is 12.7. The van der Waals surface area contributed by atoms with Crippen molar-refractivity contribution in [2.75, 3.05) is 38.1 Å². The zero-order valence-corrected chi connectivity index (χ0v) is 13.9. The van der Waals surface area contributed by atoms with Crippen LogP contribution in [0.5, 0.6) is 0 Å². The largest absolute Gasteiger partial charge is 0.339 e. The molecular weight excluding hydrogens is 316 g/mol. The van der Waals surface area contributed by atoms with E-state index in [1.165, 1.54) is 0 Å². The third-order valence-corrected chi connectivity index (χ3v) is 4.85. The van der Waals surface area contributed by atoms with Crippen molar-refractivity contribution in [2.45, 2.75) is 18.9 Å². The molecule has 1 aromatic rings. The fourth-order valence-corrected chi connectivity index (χ4v) is 3.33. The summed E-state index contributed by atoms with van der Waals surface area (Å²) in [5.74, 6) is -0.00271. The minimum atomic E-state index is -0.175. The monoisotopic (exact) mass is 336 g/mol. The van der Waals surface area contributed by atoms with Gasteiger partial charge in [-0.25, -0.2) is 4.79 Å². The van der Waals surface area contributed by atoms with E-state index in [2.05, 4.69) is 10.6 Å². The summed E-state index contributed by atoms with van der Waals surface area (Å²) in [4.78, 5) is 28.0. The molecule has 6 nitrogen and oxygen atoms in total. The number of likely N-dealkylation sites (tertiary alicyclic amines) is 1. The predicted octanol–water partition coefficient (Wildman–Crippen LogP) is 1.69. The number of hydrogen-bond donors (Lipinski definition) is 2. The Labute approximate surface area is 140 Å². The molecular formula is C16H21ClN4O2. The van der Waals surface area contributed by atoms with Crippen molar-refractivity contribution < 1.29 is 9.59 Å². The van der Waals surface area contributed by atoms with E-state index in [1.54, 1.807) is 23.1 Å². The maximum Gasteiger partial charge on any atom is 0.322 e. The molecule has 2 heterocycles. The normalized spacial score (nSPS) is 19.1. The lowest BCUT2D eigenvalue weighted by Gasteiger charge is -2.32. The number of amides is 3. The fourth-order valence-electron chi connectivity index (χ4n) is 3.11. The molecule has 0 saturated carbocycles. The molecule has 0 spiro atoms. The van der Waals surface area contributed by atoms with E-state index < -0.39 is 0 Å². The molecule has 2 N–H and O–H groups in total. The van der Waals surface area contributed by atoms with Gasteiger partial charge in [0.25, 0.3) is 5.91 Å². The van der Waals surface area contributed by atoms with Gasteiger partial charge >= 0.3 is 6.03 Å². The van der Waals surface area contributed by atoms with Crippen molar-refractivity contribution in [1.29, 1.82) is 0 Å². The second kappa shape index (κ2) is 6.76. The summed E-state index contributed by atoms with van der Waals surface area (Å²) in [6, 6.07) is 5.45. The Balaban J connectivity index is 1.78. The smallest absolute Gasteiger partial charge is 0.322 e. The number of benzene rings is 1. The lowest BCUT2D eigenvalue weighted by Crippen LogP contribution is -2.44. The Hall–Kier alpha value is -1.79. The van der Waals surface area contributed by atoms with Gasteiger partial charge in [-0.1, -0.05) is 11.6 Å². The average molecular weight is 337 g/mol. The standard InChI is InChI=1S/C16H21ClN4O2/c1-18-12-4-7-20(8-5-12)15(22)11-2-3-13(17)14(10-11)21-9-6-19-16(21)23/h2-3,10,12,18H,4-9H2,1H3,(H,19,23). The Morgan fingerprint density at radius 1 is 1.30 bits per heavy atom. The molecule has 3 rings (SSSR count). The number of halogens is 1. The first kappa shape index (κ1) is 16.1. The molecule has 2 saturated heterocycles. The highest BCUT2D eigenvalue weighted by Crippen LogP contribution is 2.29. The number of carbonyl (C=O) groups excluding carboxylic acids is 2. The Morgan fingerprint density at radius 3 is 2.65 bits per heavy atom. The maximum atomic E-state index is 12.7. The van der Waals surface area contributed by atoms with Crippen LogP contribution < -0.4 is 15.5 Å². The van der Waals surface area contributed by atoms with Crippen molar-refractivity contribution in [3.8, 4) is 0 Å². The highest BCUT2D eigenvalue weighted by Gasteiger charge is 2.26. The number of urea groups is 1. The van der Waals surface area contributed by atoms with Crippen LogP contribution in [0.4, 0.5) is 10.5 Å². The van der Waals surface area contributed by atoms with Gasteiger partial charge in [-0.2, -0.15) is 0 Å². The van der Waals surface area contributed by atoms with Crippen molar-refractivity contribution in [3.63, 3.8) is 0 Å². The summed E-state index contributed by atoms with van der Waals surface area (Å²) in [6.45, 7) is 2.63. The average Bonchev–Trinajstić information content (AvgIpc) is 3.00. The first-order valence-electron chi connectivity index (χ1n) is 7.91. The lowest BCUT2D eigenvalue weighted by atomic mass is 10.0. The van der Waals surface area contributed by atoms with E-state index in [1.807, 2.05) is 11.9 Å². The number of nitrogens with zero attached hydrogens (tertiary/aromatic N) is 2. The van der Waals surface area contributed by atoms with Crippen LogP contribution in [0.2, 0.25) is 5.02 Å². The van der Waals surface area contributed by atoms with Gasteiger partial charge in [-0.05, 0) is 38.1 Å². The summed E-state index contributed by atoms with van der Waals surface area (Å²) in [5.41, 5.74) is 1.17. The van der Waals surface area contributed by atoms with Crippen LogP contribution in [0.1, 0.15) is 23.2 Å². The molecule has 23 heavy (non-hydrogen) atoms.